The highest BCUT2D eigenvalue weighted by atomic mass is 32.2. The fraction of sp³-hybridized carbons (Fsp3) is 0.318. The molecule has 0 saturated heterocycles. The molecule has 270 valence electrons. The molecule has 0 atom stereocenters. The molecule has 1 aliphatic carbocycles. The van der Waals surface area contributed by atoms with Crippen LogP contribution in [0.3, 0.4) is 0 Å². The van der Waals surface area contributed by atoms with Crippen LogP contribution in [0.15, 0.2) is 128 Å². The number of nitrogens with zero attached hydrogens (tertiary/aromatic N) is 3. The van der Waals surface area contributed by atoms with E-state index in [1.165, 1.54) is 6.42 Å². The van der Waals surface area contributed by atoms with Crippen molar-refractivity contribution in [2.45, 2.75) is 89.9 Å². The molecule has 52 heavy (non-hydrogen) atoms. The molecule has 1 fully saturated rings. The second kappa shape index (κ2) is 16.7. The van der Waals surface area contributed by atoms with Gasteiger partial charge in [-0.3, -0.25) is 4.98 Å². The first kappa shape index (κ1) is 37.0. The van der Waals surface area contributed by atoms with Crippen molar-refractivity contribution in [1.29, 1.82) is 0 Å². The van der Waals surface area contributed by atoms with Crippen LogP contribution in [0.25, 0.3) is 22.3 Å². The number of ether oxygens (including phenoxy) is 1. The lowest BCUT2D eigenvalue weighted by atomic mass is 9.94. The van der Waals surface area contributed by atoms with Crippen molar-refractivity contribution >= 4 is 16.1 Å². The lowest BCUT2D eigenvalue weighted by molar-refractivity contribution is 0.00988. The highest BCUT2D eigenvalue weighted by Crippen LogP contribution is 2.28. The molecule has 6 rings (SSSR count). The zero-order valence-corrected chi connectivity index (χ0v) is 31.3. The number of carbonyl (C=O) groups excluding carboxylic acids is 1. The maximum Gasteiger partial charge on any atom is 0.410 e. The van der Waals surface area contributed by atoms with Gasteiger partial charge in [0.2, 0.25) is 10.0 Å². The number of pyridine rings is 1. The average molecular weight is 716 g/mol. The maximum atomic E-state index is 13.9. The molecule has 7 nitrogen and oxygen atoms in total. The van der Waals surface area contributed by atoms with Crippen LogP contribution in [-0.2, 0) is 40.1 Å². The largest absolute Gasteiger partial charge is 0.444 e. The van der Waals surface area contributed by atoms with E-state index in [9.17, 15) is 13.2 Å². The SMILES string of the molecule is CC(C)(C)OC(=O)N(Cc1ccc(-c2ccc(CN(Cc3cccnc3)S(=O)(=O)Cc3ccc(-c4ccccc4)cc3)cc2)cc1)C1CCCCC1. The number of carbonyl (C=O) groups is 1. The molecule has 8 heteroatoms. The molecule has 1 aromatic heterocycles. The van der Waals surface area contributed by atoms with Crippen molar-refractivity contribution in [1.82, 2.24) is 14.2 Å². The highest BCUT2D eigenvalue weighted by Gasteiger charge is 2.29. The fourth-order valence-electron chi connectivity index (χ4n) is 6.74. The van der Waals surface area contributed by atoms with Crippen molar-refractivity contribution in [3.63, 3.8) is 0 Å². The van der Waals surface area contributed by atoms with Crippen LogP contribution in [0.2, 0.25) is 0 Å². The minimum Gasteiger partial charge on any atom is -0.444 e. The molecule has 0 aliphatic heterocycles. The number of hydrogen-bond donors (Lipinski definition) is 0. The number of benzene rings is 4. The maximum absolute atomic E-state index is 13.9. The second-order valence-electron chi connectivity index (χ2n) is 14.7. The van der Waals surface area contributed by atoms with Crippen molar-refractivity contribution in [2.75, 3.05) is 0 Å². The van der Waals surface area contributed by atoms with Crippen molar-refractivity contribution in [3.8, 4) is 22.3 Å². The summed E-state index contributed by atoms with van der Waals surface area (Å²) in [6.45, 7) is 6.70. The molecule has 0 N–H and O–H groups in total. The monoisotopic (exact) mass is 715 g/mol. The Labute approximate surface area is 309 Å². The van der Waals surface area contributed by atoms with E-state index in [-0.39, 0.29) is 31.0 Å². The molecule has 1 heterocycles. The first-order chi connectivity index (χ1) is 25.0. The number of sulfonamides is 1. The predicted octanol–water partition coefficient (Wildman–Crippen LogP) is 10.0. The highest BCUT2D eigenvalue weighted by molar-refractivity contribution is 7.88. The predicted molar refractivity (Wildman–Crippen MR) is 209 cm³/mol. The van der Waals surface area contributed by atoms with Gasteiger partial charge in [-0.05, 0) is 84.2 Å². The summed E-state index contributed by atoms with van der Waals surface area (Å²) in [5.74, 6) is -0.0983. The summed E-state index contributed by atoms with van der Waals surface area (Å²) < 4.78 is 35.2. The van der Waals surface area contributed by atoms with Gasteiger partial charge in [0.05, 0.1) is 5.75 Å². The first-order valence-electron chi connectivity index (χ1n) is 18.2. The fourth-order valence-corrected chi connectivity index (χ4v) is 8.22. The first-order valence-corrected chi connectivity index (χ1v) is 19.8. The molecule has 4 aromatic carbocycles. The molecule has 0 unspecified atom stereocenters. The topological polar surface area (TPSA) is 79.8 Å². The van der Waals surface area contributed by atoms with Crippen LogP contribution in [0.5, 0.6) is 0 Å². The summed E-state index contributed by atoms with van der Waals surface area (Å²) in [6, 6.07) is 38.1. The normalized spacial score (nSPS) is 13.9. The lowest BCUT2D eigenvalue weighted by Crippen LogP contribution is -2.43. The molecular weight excluding hydrogens is 667 g/mol. The third kappa shape index (κ3) is 10.2. The van der Waals surface area contributed by atoms with Gasteiger partial charge in [0.25, 0.3) is 0 Å². The van der Waals surface area contributed by atoms with Crippen molar-refractivity contribution < 1.29 is 17.9 Å². The van der Waals surface area contributed by atoms with E-state index in [1.807, 2.05) is 117 Å². The van der Waals surface area contributed by atoms with Gasteiger partial charge < -0.3 is 9.64 Å². The summed E-state index contributed by atoms with van der Waals surface area (Å²) >= 11 is 0. The Bertz CT molecular complexity index is 1990. The van der Waals surface area contributed by atoms with E-state index in [1.54, 1.807) is 16.7 Å². The summed E-state index contributed by atoms with van der Waals surface area (Å²) in [5, 5.41) is 0. The molecular formula is C44H49N3O4S. The Hall–Kier alpha value is -4.79. The molecule has 0 radical (unpaired) electrons. The number of hydrogen-bond acceptors (Lipinski definition) is 5. The smallest absolute Gasteiger partial charge is 0.410 e. The van der Waals surface area contributed by atoms with E-state index >= 15 is 0 Å². The Kier molecular flexibility index (Phi) is 11.9. The lowest BCUT2D eigenvalue weighted by Gasteiger charge is -2.35. The van der Waals surface area contributed by atoms with Crippen LogP contribution in [0.4, 0.5) is 4.79 Å². The molecule has 1 saturated carbocycles. The Morgan fingerprint density at radius 2 is 1.17 bits per heavy atom. The standard InChI is InChI=1S/C44H49N3O4S/c1-44(2,3)51-43(48)47(42-14-8-5-9-15-42)32-35-18-24-41(25-19-35)40-22-16-34(17-23-40)30-46(31-37-11-10-28-45-29-37)52(49,50)33-36-20-26-39(27-21-36)38-12-6-4-7-13-38/h4,6-7,10-13,16-29,42H,5,8-9,14-15,30-33H2,1-3H3. The Balaban J connectivity index is 1.15. The molecule has 1 amide bonds. The van der Waals surface area contributed by atoms with Crippen molar-refractivity contribution in [3.05, 3.63) is 150 Å². The minimum absolute atomic E-state index is 0.0983. The van der Waals surface area contributed by atoms with Gasteiger partial charge in [0.1, 0.15) is 5.60 Å². The quantitative estimate of drug-likeness (QED) is 0.129. The van der Waals surface area contributed by atoms with E-state index in [2.05, 4.69) is 29.2 Å². The molecule has 1 aliphatic rings. The van der Waals surface area contributed by atoms with E-state index in [0.29, 0.717) is 6.54 Å². The summed E-state index contributed by atoms with van der Waals surface area (Å²) in [5.41, 5.74) is 7.20. The third-order valence-corrected chi connectivity index (χ3v) is 11.2. The summed E-state index contributed by atoms with van der Waals surface area (Å²) in [4.78, 5) is 19.4. The average Bonchev–Trinajstić information content (AvgIpc) is 3.15. The zero-order chi connectivity index (χ0) is 36.6. The van der Waals surface area contributed by atoms with Crippen LogP contribution in [0, 0.1) is 0 Å². The zero-order valence-electron chi connectivity index (χ0n) is 30.4. The van der Waals surface area contributed by atoms with E-state index in [4.69, 9.17) is 4.74 Å². The van der Waals surface area contributed by atoms with Gasteiger partial charge >= 0.3 is 6.09 Å². The van der Waals surface area contributed by atoms with Crippen LogP contribution < -0.4 is 0 Å². The Morgan fingerprint density at radius 1 is 0.654 bits per heavy atom. The number of rotatable bonds is 12. The molecule has 5 aromatic rings. The van der Waals surface area contributed by atoms with Gasteiger partial charge in [-0.25, -0.2) is 13.2 Å². The third-order valence-electron chi connectivity index (χ3n) is 9.48. The van der Waals surface area contributed by atoms with Gasteiger partial charge in [-0.15, -0.1) is 0 Å². The van der Waals surface area contributed by atoms with E-state index < -0.39 is 15.6 Å². The van der Waals surface area contributed by atoms with Gasteiger partial charge in [0, 0.05) is 38.1 Å². The minimum atomic E-state index is -3.68. The summed E-state index contributed by atoms with van der Waals surface area (Å²) in [7, 11) is -3.68. The van der Waals surface area contributed by atoms with Gasteiger partial charge in [-0.1, -0.05) is 128 Å². The molecule has 0 bridgehead atoms. The summed E-state index contributed by atoms with van der Waals surface area (Å²) in [6.07, 6.45) is 8.65. The van der Waals surface area contributed by atoms with Crippen molar-refractivity contribution in [2.24, 2.45) is 0 Å². The van der Waals surface area contributed by atoms with Crippen LogP contribution >= 0.6 is 0 Å². The van der Waals surface area contributed by atoms with E-state index in [0.717, 1.165) is 70.2 Å². The number of aromatic nitrogens is 1. The second-order valence-corrected chi connectivity index (χ2v) is 16.7. The van der Waals surface area contributed by atoms with Gasteiger partial charge in [-0.2, -0.15) is 4.31 Å². The molecule has 0 spiro atoms. The number of amides is 1. The van der Waals surface area contributed by atoms with Crippen LogP contribution in [-0.4, -0.2) is 40.3 Å². The van der Waals surface area contributed by atoms with Gasteiger partial charge in [0.15, 0.2) is 0 Å². The van der Waals surface area contributed by atoms with Crippen LogP contribution in [0.1, 0.15) is 75.1 Å². The Morgan fingerprint density at radius 3 is 1.71 bits per heavy atom.